The van der Waals surface area contributed by atoms with Crippen LogP contribution in [0.5, 0.6) is 0 Å². The number of piperidine rings is 1. The molecule has 0 aliphatic carbocycles. The van der Waals surface area contributed by atoms with Gasteiger partial charge >= 0.3 is 0 Å². The summed E-state index contributed by atoms with van der Waals surface area (Å²) in [5, 5.41) is 3.95. The van der Waals surface area contributed by atoms with Gasteiger partial charge < -0.3 is 19.9 Å². The number of hydrogen-bond donors (Lipinski definition) is 1. The quantitative estimate of drug-likeness (QED) is 0.878. The Morgan fingerprint density at radius 2 is 2.22 bits per heavy atom. The average molecular weight is 345 g/mol. The van der Waals surface area contributed by atoms with E-state index in [0.717, 1.165) is 51.0 Å². The first kappa shape index (κ1) is 18.2. The van der Waals surface area contributed by atoms with Crippen LogP contribution >= 0.6 is 12.4 Å². The van der Waals surface area contributed by atoms with Gasteiger partial charge in [0.2, 0.25) is 5.89 Å². The van der Waals surface area contributed by atoms with Crippen LogP contribution in [0.15, 0.2) is 4.52 Å². The van der Waals surface area contributed by atoms with Crippen LogP contribution in [0.4, 0.5) is 0 Å². The fraction of sp³-hybridized carbons (Fsp3) is 0.800. The average Bonchev–Trinajstić information content (AvgIpc) is 3.16. The van der Waals surface area contributed by atoms with Gasteiger partial charge in [-0.2, -0.15) is 4.98 Å². The zero-order valence-corrected chi connectivity index (χ0v) is 14.3. The van der Waals surface area contributed by atoms with Crippen molar-refractivity contribution in [2.24, 2.45) is 11.7 Å². The predicted octanol–water partition coefficient (Wildman–Crippen LogP) is 1.09. The van der Waals surface area contributed by atoms with E-state index in [-0.39, 0.29) is 30.5 Å². The number of likely N-dealkylation sites (tertiary alicyclic amines) is 1. The summed E-state index contributed by atoms with van der Waals surface area (Å²) in [6, 6.07) is 0. The second-order valence-electron chi connectivity index (χ2n) is 6.29. The Kier molecular flexibility index (Phi) is 6.38. The minimum atomic E-state index is -0.306. The summed E-state index contributed by atoms with van der Waals surface area (Å²) in [7, 11) is 0. The normalized spacial score (nSPS) is 27.7. The van der Waals surface area contributed by atoms with Crippen LogP contribution in [-0.2, 0) is 16.0 Å². The summed E-state index contributed by atoms with van der Waals surface area (Å²) in [6.45, 7) is 3.84. The molecule has 2 fully saturated rings. The van der Waals surface area contributed by atoms with Crippen LogP contribution in [0, 0.1) is 12.8 Å². The molecule has 130 valence electrons. The summed E-state index contributed by atoms with van der Waals surface area (Å²) in [5.74, 6) is 1.83. The molecule has 1 unspecified atom stereocenters. The molecule has 3 rings (SSSR count). The Balaban J connectivity index is 0.00000192. The van der Waals surface area contributed by atoms with Crippen molar-refractivity contribution in [3.63, 3.8) is 0 Å². The number of aromatic nitrogens is 2. The van der Waals surface area contributed by atoms with Crippen LogP contribution in [0.1, 0.15) is 37.4 Å². The molecule has 2 N–H and O–H groups in total. The van der Waals surface area contributed by atoms with Crippen molar-refractivity contribution in [2.75, 3.05) is 19.6 Å². The van der Waals surface area contributed by atoms with Crippen LogP contribution in [0.2, 0.25) is 0 Å². The number of amides is 1. The highest BCUT2D eigenvalue weighted by atomic mass is 35.5. The Bertz CT molecular complexity index is 525. The highest BCUT2D eigenvalue weighted by molar-refractivity contribution is 5.85. The molecule has 0 aromatic carbocycles. The fourth-order valence-corrected chi connectivity index (χ4v) is 3.38. The Hall–Kier alpha value is -1.18. The highest BCUT2D eigenvalue weighted by Crippen LogP contribution is 2.25. The lowest BCUT2D eigenvalue weighted by Gasteiger charge is -2.33. The first-order valence-electron chi connectivity index (χ1n) is 8.09. The molecule has 8 heteroatoms. The van der Waals surface area contributed by atoms with Gasteiger partial charge in [-0.05, 0) is 31.6 Å². The number of rotatable bonds is 4. The minimum Gasteiger partial charge on any atom is -0.364 e. The number of aryl methyl sites for hydroxylation is 1. The van der Waals surface area contributed by atoms with Crippen molar-refractivity contribution in [3.05, 3.63) is 11.7 Å². The molecule has 2 aliphatic rings. The highest BCUT2D eigenvalue weighted by Gasteiger charge is 2.35. The van der Waals surface area contributed by atoms with Crippen LogP contribution in [0.3, 0.4) is 0 Å². The third-order valence-electron chi connectivity index (χ3n) is 4.52. The number of carbonyl (C=O) groups is 1. The van der Waals surface area contributed by atoms with E-state index >= 15 is 0 Å². The predicted molar refractivity (Wildman–Crippen MR) is 86.2 cm³/mol. The summed E-state index contributed by atoms with van der Waals surface area (Å²) in [4.78, 5) is 18.8. The van der Waals surface area contributed by atoms with E-state index < -0.39 is 0 Å². The molecule has 2 saturated heterocycles. The SMILES string of the molecule is Cc1nc(CC2CCCN(C(=O)[C@@H]3CC[C@H](CN)O3)C2)no1.Cl. The number of nitrogens with zero attached hydrogens (tertiary/aromatic N) is 3. The van der Waals surface area contributed by atoms with Gasteiger partial charge in [0.1, 0.15) is 6.10 Å². The molecule has 23 heavy (non-hydrogen) atoms. The van der Waals surface area contributed by atoms with Crippen molar-refractivity contribution < 1.29 is 14.1 Å². The maximum absolute atomic E-state index is 12.6. The van der Waals surface area contributed by atoms with E-state index in [9.17, 15) is 4.79 Å². The van der Waals surface area contributed by atoms with Crippen molar-refractivity contribution in [3.8, 4) is 0 Å². The minimum absolute atomic E-state index is 0. The third kappa shape index (κ3) is 4.43. The lowest BCUT2D eigenvalue weighted by molar-refractivity contribution is -0.144. The molecular formula is C15H25ClN4O3. The number of nitrogens with two attached hydrogens (primary N) is 1. The maximum atomic E-state index is 12.6. The lowest BCUT2D eigenvalue weighted by Crippen LogP contribution is -2.45. The van der Waals surface area contributed by atoms with Crippen molar-refractivity contribution in [1.82, 2.24) is 15.0 Å². The van der Waals surface area contributed by atoms with E-state index in [1.807, 2.05) is 4.90 Å². The van der Waals surface area contributed by atoms with Crippen molar-refractivity contribution >= 4 is 18.3 Å². The van der Waals surface area contributed by atoms with E-state index in [2.05, 4.69) is 10.1 Å². The Morgan fingerprint density at radius 1 is 1.39 bits per heavy atom. The van der Waals surface area contributed by atoms with Gasteiger partial charge in [-0.3, -0.25) is 4.79 Å². The molecule has 1 aromatic rings. The molecular weight excluding hydrogens is 320 g/mol. The standard InChI is InChI=1S/C15H24N4O3.ClH/c1-10-17-14(18-22-10)7-11-3-2-6-19(9-11)15(20)13-5-4-12(8-16)21-13;/h11-13H,2-9,16H2,1H3;1H/t11?,12-,13+;/m1./s1. The van der Waals surface area contributed by atoms with E-state index in [0.29, 0.717) is 18.4 Å². The zero-order chi connectivity index (χ0) is 15.5. The monoisotopic (exact) mass is 344 g/mol. The fourth-order valence-electron chi connectivity index (χ4n) is 3.38. The summed E-state index contributed by atoms with van der Waals surface area (Å²) in [5.41, 5.74) is 5.61. The molecule has 7 nitrogen and oxygen atoms in total. The van der Waals surface area contributed by atoms with Gasteiger partial charge in [0, 0.05) is 33.0 Å². The van der Waals surface area contributed by atoms with E-state index in [4.69, 9.17) is 15.0 Å². The number of hydrogen-bond acceptors (Lipinski definition) is 6. The molecule has 0 bridgehead atoms. The number of halogens is 1. The smallest absolute Gasteiger partial charge is 0.251 e. The molecule has 1 amide bonds. The molecule has 0 radical (unpaired) electrons. The molecule has 0 saturated carbocycles. The number of carbonyl (C=O) groups excluding carboxylic acids is 1. The topological polar surface area (TPSA) is 94.5 Å². The van der Waals surface area contributed by atoms with Gasteiger partial charge in [-0.15, -0.1) is 12.4 Å². The van der Waals surface area contributed by atoms with E-state index in [1.165, 1.54) is 0 Å². The molecule has 0 spiro atoms. The lowest BCUT2D eigenvalue weighted by atomic mass is 9.94. The largest absolute Gasteiger partial charge is 0.364 e. The van der Waals surface area contributed by atoms with Crippen LogP contribution < -0.4 is 5.73 Å². The molecule has 3 heterocycles. The zero-order valence-electron chi connectivity index (χ0n) is 13.4. The van der Waals surface area contributed by atoms with Gasteiger partial charge in [-0.1, -0.05) is 5.16 Å². The molecule has 1 aromatic heterocycles. The third-order valence-corrected chi connectivity index (χ3v) is 4.52. The summed E-state index contributed by atoms with van der Waals surface area (Å²) < 4.78 is 10.7. The second kappa shape index (κ2) is 8.08. The first-order chi connectivity index (χ1) is 10.7. The second-order valence-corrected chi connectivity index (χ2v) is 6.29. The van der Waals surface area contributed by atoms with E-state index in [1.54, 1.807) is 6.92 Å². The van der Waals surface area contributed by atoms with Gasteiger partial charge in [0.25, 0.3) is 5.91 Å². The van der Waals surface area contributed by atoms with Gasteiger partial charge in [0.05, 0.1) is 6.10 Å². The maximum Gasteiger partial charge on any atom is 0.251 e. The van der Waals surface area contributed by atoms with Crippen LogP contribution in [0.25, 0.3) is 0 Å². The Labute approximate surface area is 142 Å². The van der Waals surface area contributed by atoms with Crippen molar-refractivity contribution in [2.45, 2.75) is 51.2 Å². The molecule has 3 atom stereocenters. The van der Waals surface area contributed by atoms with Crippen molar-refractivity contribution in [1.29, 1.82) is 0 Å². The van der Waals surface area contributed by atoms with Gasteiger partial charge in [-0.25, -0.2) is 0 Å². The van der Waals surface area contributed by atoms with Crippen LogP contribution in [-0.4, -0.2) is 52.8 Å². The molecule has 2 aliphatic heterocycles. The van der Waals surface area contributed by atoms with Gasteiger partial charge in [0.15, 0.2) is 5.82 Å². The summed E-state index contributed by atoms with van der Waals surface area (Å²) in [6.07, 6.45) is 4.27. The summed E-state index contributed by atoms with van der Waals surface area (Å²) >= 11 is 0. The Morgan fingerprint density at radius 3 is 2.87 bits per heavy atom. The number of ether oxygens (including phenoxy) is 1. The first-order valence-corrected chi connectivity index (χ1v) is 8.09.